The van der Waals surface area contributed by atoms with E-state index < -0.39 is 0 Å². The summed E-state index contributed by atoms with van der Waals surface area (Å²) in [6, 6.07) is 16.3. The molecule has 2 aromatic carbocycles. The van der Waals surface area contributed by atoms with Crippen molar-refractivity contribution in [1.29, 1.82) is 0 Å². The van der Waals surface area contributed by atoms with Gasteiger partial charge in [0.25, 0.3) is 0 Å². The summed E-state index contributed by atoms with van der Waals surface area (Å²) in [5, 5.41) is 1.26. The number of methoxy groups -OCH3 is 1. The zero-order valence-electron chi connectivity index (χ0n) is 12.6. The minimum atomic E-state index is 0.552. The summed E-state index contributed by atoms with van der Waals surface area (Å²) in [5.74, 6) is 1.68. The zero-order chi connectivity index (χ0) is 14.8. The molecule has 3 heteroatoms. The summed E-state index contributed by atoms with van der Waals surface area (Å²) in [6.07, 6.45) is 0. The van der Waals surface area contributed by atoms with Crippen LogP contribution in [0.5, 0.6) is 11.5 Å². The maximum absolute atomic E-state index is 5.86. The van der Waals surface area contributed by atoms with E-state index in [9.17, 15) is 0 Å². The Kier molecular flexibility index (Phi) is 3.57. The highest BCUT2D eigenvalue weighted by Crippen LogP contribution is 2.22. The van der Waals surface area contributed by atoms with Crippen LogP contribution >= 0.6 is 0 Å². The molecule has 0 aliphatic rings. The number of nitrogens with zero attached hydrogens (tertiary/aromatic N) is 1. The highest BCUT2D eigenvalue weighted by atomic mass is 16.5. The van der Waals surface area contributed by atoms with Gasteiger partial charge in [-0.15, -0.1) is 0 Å². The summed E-state index contributed by atoms with van der Waals surface area (Å²) < 4.78 is 13.2. The van der Waals surface area contributed by atoms with Crippen LogP contribution in [0.25, 0.3) is 10.9 Å². The molecule has 0 atom stereocenters. The van der Waals surface area contributed by atoms with Crippen LogP contribution in [0.4, 0.5) is 0 Å². The standard InChI is InChI=1S/C18H19NO2/c1-13-4-9-18-14(10-13)11-15(19(18)2)12-21-17-7-5-16(20-3)6-8-17/h4-11H,12H2,1-3H3. The van der Waals surface area contributed by atoms with Crippen molar-refractivity contribution in [2.24, 2.45) is 7.05 Å². The summed E-state index contributed by atoms with van der Waals surface area (Å²) in [4.78, 5) is 0. The lowest BCUT2D eigenvalue weighted by Gasteiger charge is -2.08. The molecule has 1 heterocycles. The van der Waals surface area contributed by atoms with Crippen molar-refractivity contribution in [3.8, 4) is 11.5 Å². The first kappa shape index (κ1) is 13.6. The van der Waals surface area contributed by atoms with E-state index in [-0.39, 0.29) is 0 Å². The minimum absolute atomic E-state index is 0.552. The van der Waals surface area contributed by atoms with Crippen molar-refractivity contribution in [2.75, 3.05) is 7.11 Å². The molecule has 1 aromatic heterocycles. The SMILES string of the molecule is COc1ccc(OCc2cc3cc(C)ccc3n2C)cc1. The predicted molar refractivity (Wildman–Crippen MR) is 85.0 cm³/mol. The smallest absolute Gasteiger partial charge is 0.128 e. The van der Waals surface area contributed by atoms with Gasteiger partial charge in [-0.3, -0.25) is 0 Å². The van der Waals surface area contributed by atoms with Gasteiger partial charge in [0.1, 0.15) is 18.1 Å². The van der Waals surface area contributed by atoms with Gasteiger partial charge >= 0.3 is 0 Å². The fraction of sp³-hybridized carbons (Fsp3) is 0.222. The number of ether oxygens (including phenoxy) is 2. The fourth-order valence-electron chi connectivity index (χ4n) is 2.49. The van der Waals surface area contributed by atoms with Gasteiger partial charge in [0.2, 0.25) is 0 Å². The normalized spacial score (nSPS) is 10.8. The van der Waals surface area contributed by atoms with Gasteiger partial charge < -0.3 is 14.0 Å². The molecule has 0 radical (unpaired) electrons. The average Bonchev–Trinajstić information content (AvgIpc) is 2.81. The molecule has 0 amide bonds. The quantitative estimate of drug-likeness (QED) is 0.719. The molecule has 3 aromatic rings. The van der Waals surface area contributed by atoms with Crippen molar-refractivity contribution in [3.63, 3.8) is 0 Å². The second-order valence-corrected chi connectivity index (χ2v) is 5.22. The Hall–Kier alpha value is -2.42. The van der Waals surface area contributed by atoms with Gasteiger partial charge in [0.05, 0.1) is 12.8 Å². The van der Waals surface area contributed by atoms with E-state index in [1.807, 2.05) is 24.3 Å². The van der Waals surface area contributed by atoms with E-state index in [0.717, 1.165) is 17.2 Å². The first-order valence-corrected chi connectivity index (χ1v) is 6.99. The van der Waals surface area contributed by atoms with Gasteiger partial charge in [-0.05, 0) is 49.4 Å². The Balaban J connectivity index is 1.79. The number of fused-ring (bicyclic) bond motifs is 1. The van der Waals surface area contributed by atoms with Crippen LogP contribution in [0, 0.1) is 6.92 Å². The van der Waals surface area contributed by atoms with Crippen LogP contribution in [-0.2, 0) is 13.7 Å². The number of aromatic nitrogens is 1. The number of benzene rings is 2. The largest absolute Gasteiger partial charge is 0.497 e. The molecule has 3 rings (SSSR count). The molecule has 3 nitrogen and oxygen atoms in total. The molecular formula is C18H19NO2. The molecule has 21 heavy (non-hydrogen) atoms. The molecule has 0 saturated heterocycles. The highest BCUT2D eigenvalue weighted by molar-refractivity contribution is 5.82. The third-order valence-corrected chi connectivity index (χ3v) is 3.74. The van der Waals surface area contributed by atoms with Crippen LogP contribution in [-0.4, -0.2) is 11.7 Å². The molecule has 0 bridgehead atoms. The number of hydrogen-bond acceptors (Lipinski definition) is 2. The van der Waals surface area contributed by atoms with Gasteiger partial charge in [0, 0.05) is 18.0 Å². The fourth-order valence-corrected chi connectivity index (χ4v) is 2.49. The van der Waals surface area contributed by atoms with E-state index in [4.69, 9.17) is 9.47 Å². The lowest BCUT2D eigenvalue weighted by atomic mass is 10.2. The summed E-state index contributed by atoms with van der Waals surface area (Å²) in [7, 11) is 3.73. The second kappa shape index (κ2) is 5.52. The summed E-state index contributed by atoms with van der Waals surface area (Å²) in [6.45, 7) is 2.66. The Morgan fingerprint density at radius 1 is 0.952 bits per heavy atom. The average molecular weight is 281 g/mol. The minimum Gasteiger partial charge on any atom is -0.497 e. The van der Waals surface area contributed by atoms with Crippen LogP contribution in [0.15, 0.2) is 48.5 Å². The number of rotatable bonds is 4. The molecule has 0 spiro atoms. The molecule has 0 N–H and O–H groups in total. The second-order valence-electron chi connectivity index (χ2n) is 5.22. The molecule has 0 aliphatic carbocycles. The molecule has 0 saturated carbocycles. The summed E-state index contributed by atoms with van der Waals surface area (Å²) in [5.41, 5.74) is 3.66. The van der Waals surface area contributed by atoms with E-state index in [1.54, 1.807) is 7.11 Å². The zero-order valence-corrected chi connectivity index (χ0v) is 12.6. The van der Waals surface area contributed by atoms with Crippen molar-refractivity contribution >= 4 is 10.9 Å². The van der Waals surface area contributed by atoms with Crippen molar-refractivity contribution < 1.29 is 9.47 Å². The monoisotopic (exact) mass is 281 g/mol. The predicted octanol–water partition coefficient (Wildman–Crippen LogP) is 4.07. The molecule has 0 unspecified atom stereocenters. The first-order chi connectivity index (χ1) is 10.2. The topological polar surface area (TPSA) is 23.4 Å². The van der Waals surface area contributed by atoms with E-state index in [1.165, 1.54) is 16.5 Å². The lowest BCUT2D eigenvalue weighted by molar-refractivity contribution is 0.297. The molecule has 0 aliphatic heterocycles. The first-order valence-electron chi connectivity index (χ1n) is 6.99. The van der Waals surface area contributed by atoms with Gasteiger partial charge in [-0.2, -0.15) is 0 Å². The molecular weight excluding hydrogens is 262 g/mol. The van der Waals surface area contributed by atoms with Crippen LogP contribution in [0.3, 0.4) is 0 Å². The highest BCUT2D eigenvalue weighted by Gasteiger charge is 2.06. The number of aryl methyl sites for hydroxylation is 2. The van der Waals surface area contributed by atoms with Crippen LogP contribution in [0.2, 0.25) is 0 Å². The van der Waals surface area contributed by atoms with E-state index in [0.29, 0.717) is 6.61 Å². The maximum Gasteiger partial charge on any atom is 0.128 e. The van der Waals surface area contributed by atoms with Gasteiger partial charge in [0.15, 0.2) is 0 Å². The van der Waals surface area contributed by atoms with Crippen molar-refractivity contribution in [1.82, 2.24) is 4.57 Å². The third kappa shape index (κ3) is 2.72. The van der Waals surface area contributed by atoms with Crippen molar-refractivity contribution in [2.45, 2.75) is 13.5 Å². The Morgan fingerprint density at radius 2 is 1.67 bits per heavy atom. The Bertz CT molecular complexity index is 757. The van der Waals surface area contributed by atoms with Crippen LogP contribution < -0.4 is 9.47 Å². The van der Waals surface area contributed by atoms with Gasteiger partial charge in [-0.25, -0.2) is 0 Å². The Morgan fingerprint density at radius 3 is 2.38 bits per heavy atom. The molecule has 108 valence electrons. The third-order valence-electron chi connectivity index (χ3n) is 3.74. The number of hydrogen-bond donors (Lipinski definition) is 0. The van der Waals surface area contributed by atoms with Crippen molar-refractivity contribution in [3.05, 3.63) is 59.8 Å². The lowest BCUT2D eigenvalue weighted by Crippen LogP contribution is -2.01. The molecule has 0 fully saturated rings. The van der Waals surface area contributed by atoms with Gasteiger partial charge in [-0.1, -0.05) is 11.6 Å². The maximum atomic E-state index is 5.86. The van der Waals surface area contributed by atoms with E-state index in [2.05, 4.69) is 42.8 Å². The summed E-state index contributed by atoms with van der Waals surface area (Å²) >= 11 is 0. The van der Waals surface area contributed by atoms with Crippen LogP contribution in [0.1, 0.15) is 11.3 Å². The Labute approximate surface area is 124 Å². The van der Waals surface area contributed by atoms with E-state index >= 15 is 0 Å².